The third-order valence-electron chi connectivity index (χ3n) is 3.52. The van der Waals surface area contributed by atoms with Gasteiger partial charge in [-0.15, -0.1) is 12.3 Å². The first kappa shape index (κ1) is 17.3. The van der Waals surface area contributed by atoms with Gasteiger partial charge in [0.15, 0.2) is 5.83 Å². The minimum atomic E-state index is -3.80. The summed E-state index contributed by atoms with van der Waals surface area (Å²) in [5.41, 5.74) is 0. The van der Waals surface area contributed by atoms with Crippen molar-refractivity contribution >= 4 is 21.8 Å². The molecule has 1 amide bonds. The summed E-state index contributed by atoms with van der Waals surface area (Å²) >= 11 is 0. The quantitative estimate of drug-likeness (QED) is 0.690. The highest BCUT2D eigenvalue weighted by atomic mass is 32.2. The molecule has 5 nitrogen and oxygen atoms in total. The van der Waals surface area contributed by atoms with Crippen molar-refractivity contribution in [3.05, 3.63) is 28.8 Å². The Hall–Kier alpha value is -2.04. The first-order chi connectivity index (χ1) is 10.9. The number of terminal acetylenes is 1. The van der Waals surface area contributed by atoms with Crippen LogP contribution in [0.3, 0.4) is 0 Å². The van der Waals surface area contributed by atoms with Crippen LogP contribution in [0.2, 0.25) is 0 Å². The molecule has 1 aliphatic rings. The predicted octanol–water partition coefficient (Wildman–Crippen LogP) is 0.738. The van der Waals surface area contributed by atoms with Gasteiger partial charge in [0.2, 0.25) is 10.0 Å². The highest BCUT2D eigenvalue weighted by Gasteiger charge is 2.25. The van der Waals surface area contributed by atoms with Crippen LogP contribution in [0.1, 0.15) is 26.2 Å². The van der Waals surface area contributed by atoms with Gasteiger partial charge in [-0.3, -0.25) is 4.79 Å². The summed E-state index contributed by atoms with van der Waals surface area (Å²) in [5, 5.41) is 0.0682. The summed E-state index contributed by atoms with van der Waals surface area (Å²) in [6.07, 6.45) is 7.05. The lowest BCUT2D eigenvalue weighted by Crippen LogP contribution is -2.34. The summed E-state index contributed by atoms with van der Waals surface area (Å²) in [5.74, 6) is 0.414. The lowest BCUT2D eigenvalue weighted by Gasteiger charge is -2.21. The SMILES string of the molecule is C#CCCN(CCCC)S(=O)(=O)c1ccc2c(c1)=C(F)C(=O)N=2. The van der Waals surface area contributed by atoms with Crippen LogP contribution in [0, 0.1) is 12.3 Å². The number of benzene rings is 1. The summed E-state index contributed by atoms with van der Waals surface area (Å²) in [6.45, 7) is 2.50. The molecule has 0 atom stereocenters. The van der Waals surface area contributed by atoms with E-state index in [-0.39, 0.29) is 22.0 Å². The third-order valence-corrected chi connectivity index (χ3v) is 5.41. The van der Waals surface area contributed by atoms with Gasteiger partial charge in [-0.2, -0.15) is 4.31 Å². The minimum absolute atomic E-state index is 0.0653. The van der Waals surface area contributed by atoms with Gasteiger partial charge in [0.1, 0.15) is 0 Å². The topological polar surface area (TPSA) is 66.8 Å². The van der Waals surface area contributed by atoms with Crippen molar-refractivity contribution in [3.63, 3.8) is 0 Å². The van der Waals surface area contributed by atoms with Crippen LogP contribution in [0.4, 0.5) is 4.39 Å². The molecule has 1 aliphatic heterocycles. The van der Waals surface area contributed by atoms with E-state index in [1.807, 2.05) is 6.92 Å². The second kappa shape index (κ2) is 7.02. The Bertz CT molecular complexity index is 885. The van der Waals surface area contributed by atoms with E-state index in [1.54, 1.807) is 0 Å². The Morgan fingerprint density at radius 3 is 2.74 bits per heavy atom. The average Bonchev–Trinajstić information content (AvgIpc) is 2.81. The largest absolute Gasteiger partial charge is 0.306 e. The van der Waals surface area contributed by atoms with E-state index in [2.05, 4.69) is 10.9 Å². The number of rotatable bonds is 7. The van der Waals surface area contributed by atoms with Gasteiger partial charge in [-0.1, -0.05) is 13.3 Å². The Morgan fingerprint density at radius 2 is 2.09 bits per heavy atom. The number of amides is 1. The monoisotopic (exact) mass is 336 g/mol. The van der Waals surface area contributed by atoms with Crippen molar-refractivity contribution in [2.45, 2.75) is 31.1 Å². The first-order valence-corrected chi connectivity index (χ1v) is 8.72. The molecule has 1 heterocycles. The molecule has 0 radical (unpaired) electrons. The van der Waals surface area contributed by atoms with Gasteiger partial charge >= 0.3 is 5.91 Å². The summed E-state index contributed by atoms with van der Waals surface area (Å²) < 4.78 is 40.5. The van der Waals surface area contributed by atoms with Crippen molar-refractivity contribution in [2.24, 2.45) is 4.99 Å². The number of carbonyl (C=O) groups is 1. The maximum Gasteiger partial charge on any atom is 0.306 e. The van der Waals surface area contributed by atoms with E-state index in [0.29, 0.717) is 19.4 Å². The number of hydrogen-bond acceptors (Lipinski definition) is 3. The Morgan fingerprint density at radius 1 is 1.35 bits per heavy atom. The normalized spacial score (nSPS) is 13.8. The van der Waals surface area contributed by atoms with E-state index in [0.717, 1.165) is 12.5 Å². The van der Waals surface area contributed by atoms with Gasteiger partial charge in [0.05, 0.1) is 10.3 Å². The van der Waals surface area contributed by atoms with Crippen molar-refractivity contribution in [1.82, 2.24) is 4.31 Å². The van der Waals surface area contributed by atoms with Crippen molar-refractivity contribution in [3.8, 4) is 12.3 Å². The molecule has 0 aliphatic carbocycles. The molecular weight excluding hydrogens is 319 g/mol. The number of nitrogens with zero attached hydrogens (tertiary/aromatic N) is 2. The van der Waals surface area contributed by atoms with E-state index >= 15 is 0 Å². The van der Waals surface area contributed by atoms with Crippen molar-refractivity contribution in [1.29, 1.82) is 0 Å². The zero-order valence-corrected chi connectivity index (χ0v) is 13.6. The first-order valence-electron chi connectivity index (χ1n) is 7.28. The van der Waals surface area contributed by atoms with Crippen LogP contribution >= 0.6 is 0 Å². The summed E-state index contributed by atoms with van der Waals surface area (Å²) in [4.78, 5) is 14.7. The average molecular weight is 336 g/mol. The van der Waals surface area contributed by atoms with Crippen molar-refractivity contribution < 1.29 is 17.6 Å². The highest BCUT2D eigenvalue weighted by Crippen LogP contribution is 2.15. The van der Waals surface area contributed by atoms with Gasteiger partial charge in [-0.05, 0) is 24.6 Å². The highest BCUT2D eigenvalue weighted by molar-refractivity contribution is 7.89. The fourth-order valence-corrected chi connectivity index (χ4v) is 3.75. The van der Waals surface area contributed by atoms with Gasteiger partial charge in [-0.25, -0.2) is 17.8 Å². The van der Waals surface area contributed by atoms with Crippen molar-refractivity contribution in [2.75, 3.05) is 13.1 Å². The zero-order chi connectivity index (χ0) is 17.0. The smallest absolute Gasteiger partial charge is 0.264 e. The molecule has 1 aromatic carbocycles. The molecule has 2 rings (SSSR count). The van der Waals surface area contributed by atoms with Crippen LogP contribution in [-0.2, 0) is 14.8 Å². The standard InChI is InChI=1S/C16H17FN2O3S/c1-3-5-9-19(10-6-4-2)23(21,22)12-7-8-14-13(11-12)15(17)16(20)18-14/h1,7-8,11H,4-6,9-10H2,2H3. The number of fused-ring (bicyclic) bond motifs is 1. The number of hydrogen-bond donors (Lipinski definition) is 0. The van der Waals surface area contributed by atoms with E-state index < -0.39 is 21.8 Å². The molecule has 0 bridgehead atoms. The van der Waals surface area contributed by atoms with E-state index in [9.17, 15) is 17.6 Å². The molecule has 0 saturated heterocycles. The van der Waals surface area contributed by atoms with Crippen LogP contribution in [0.15, 0.2) is 28.1 Å². The molecule has 0 aromatic heterocycles. The summed E-state index contributed by atoms with van der Waals surface area (Å²) in [6, 6.07) is 3.83. The van der Waals surface area contributed by atoms with E-state index in [4.69, 9.17) is 6.42 Å². The third kappa shape index (κ3) is 3.49. The maximum atomic E-state index is 13.7. The fourth-order valence-electron chi connectivity index (χ4n) is 2.25. The van der Waals surface area contributed by atoms with Gasteiger partial charge in [0, 0.05) is 24.7 Å². The molecule has 0 fully saturated rings. The Balaban J connectivity index is 2.45. The number of halogens is 1. The molecule has 1 aromatic rings. The minimum Gasteiger partial charge on any atom is -0.264 e. The number of sulfonamides is 1. The molecule has 7 heteroatoms. The Kier molecular flexibility index (Phi) is 5.29. The number of unbranched alkanes of at least 4 members (excludes halogenated alkanes) is 1. The molecule has 0 unspecified atom stereocenters. The molecular formula is C16H17FN2O3S. The van der Waals surface area contributed by atoms with Crippen LogP contribution in [0.5, 0.6) is 0 Å². The molecule has 23 heavy (non-hydrogen) atoms. The molecule has 0 N–H and O–H groups in total. The van der Waals surface area contributed by atoms with Crippen LogP contribution in [-0.4, -0.2) is 31.7 Å². The second-order valence-electron chi connectivity index (χ2n) is 5.12. The Labute approximate surface area is 134 Å². The van der Waals surface area contributed by atoms with Crippen LogP contribution in [0.25, 0.3) is 5.83 Å². The van der Waals surface area contributed by atoms with E-state index in [1.165, 1.54) is 16.4 Å². The summed E-state index contributed by atoms with van der Waals surface area (Å²) in [7, 11) is -3.80. The molecule has 122 valence electrons. The predicted molar refractivity (Wildman–Crippen MR) is 83.9 cm³/mol. The van der Waals surface area contributed by atoms with Gasteiger partial charge < -0.3 is 0 Å². The fraction of sp³-hybridized carbons (Fsp3) is 0.375. The lowest BCUT2D eigenvalue weighted by molar-refractivity contribution is -0.113. The number of carbonyl (C=O) groups excluding carboxylic acids is 1. The second-order valence-corrected chi connectivity index (χ2v) is 7.06. The molecule has 0 spiro atoms. The molecule has 0 saturated carbocycles. The lowest BCUT2D eigenvalue weighted by atomic mass is 10.3. The van der Waals surface area contributed by atoms with Gasteiger partial charge in [0.25, 0.3) is 0 Å². The maximum absolute atomic E-state index is 13.7. The van der Waals surface area contributed by atoms with Crippen LogP contribution < -0.4 is 10.6 Å². The zero-order valence-electron chi connectivity index (χ0n) is 12.8.